The Bertz CT molecular complexity index is 152. The van der Waals surface area contributed by atoms with Crippen molar-refractivity contribution in [3.8, 4) is 0 Å². The molecule has 1 aliphatic rings. The summed E-state index contributed by atoms with van der Waals surface area (Å²) in [6.07, 6.45) is 5.64. The second kappa shape index (κ2) is 3.30. The van der Waals surface area contributed by atoms with Crippen molar-refractivity contribution >= 4 is 26.5 Å². The van der Waals surface area contributed by atoms with Crippen molar-refractivity contribution < 1.29 is 0 Å². The van der Waals surface area contributed by atoms with Gasteiger partial charge in [0.25, 0.3) is 0 Å². The molecule has 1 heterocycles. The molecule has 0 fully saturated rings. The third kappa shape index (κ3) is 1.63. The first kappa shape index (κ1) is 6.35. The van der Waals surface area contributed by atoms with Crippen LogP contribution in [-0.2, 0) is 0 Å². The van der Waals surface area contributed by atoms with Crippen molar-refractivity contribution in [3.05, 3.63) is 21.5 Å². The Morgan fingerprint density at radius 1 is 1.62 bits per heavy atom. The van der Waals surface area contributed by atoms with Crippen LogP contribution in [-0.4, -0.2) is 26.5 Å². The molecule has 0 bridgehead atoms. The van der Waals surface area contributed by atoms with E-state index >= 15 is 0 Å². The topological polar surface area (TPSA) is 0 Å². The molecule has 0 saturated carbocycles. The van der Waals surface area contributed by atoms with E-state index in [-0.39, 0.29) is 22.8 Å². The van der Waals surface area contributed by atoms with Crippen LogP contribution >= 0.6 is 0 Å². The standard InChI is InChI=1S/C7H9.Bi/c1-4-6-7(3)5-2;/h1,3-4,6H,5H2,2H3;. The molecule has 0 saturated heterocycles. The molecule has 0 nitrogen and oxygen atoms in total. The van der Waals surface area contributed by atoms with E-state index in [1.165, 1.54) is 6.42 Å². The molecule has 0 aromatic rings. The Morgan fingerprint density at radius 2 is 2.50 bits per heavy atom. The van der Waals surface area contributed by atoms with Gasteiger partial charge in [0.1, 0.15) is 0 Å². The number of allylic oxidation sites excluding steroid dienone is 3. The van der Waals surface area contributed by atoms with Crippen LogP contribution in [0, 0.1) is 0 Å². The summed E-state index contributed by atoms with van der Waals surface area (Å²) in [6, 6.07) is 0. The molecule has 0 aromatic heterocycles. The predicted octanol–water partition coefficient (Wildman–Crippen LogP) is 1.36. The van der Waals surface area contributed by atoms with Gasteiger partial charge in [-0.05, 0) is 0 Å². The van der Waals surface area contributed by atoms with E-state index in [1.54, 1.807) is 5.57 Å². The first-order chi connectivity index (χ1) is 3.93. The average molecular weight is 302 g/mol. The van der Waals surface area contributed by atoms with Gasteiger partial charge in [0.2, 0.25) is 0 Å². The molecule has 1 rings (SSSR count). The quantitative estimate of drug-likeness (QED) is 0.642. The van der Waals surface area contributed by atoms with E-state index in [4.69, 9.17) is 0 Å². The van der Waals surface area contributed by atoms with Crippen molar-refractivity contribution in [2.45, 2.75) is 13.3 Å². The van der Waals surface area contributed by atoms with Crippen LogP contribution in [0.3, 0.4) is 0 Å². The van der Waals surface area contributed by atoms with E-state index in [9.17, 15) is 0 Å². The maximum absolute atomic E-state index is 2.44. The molecule has 42 valence electrons. The minimum atomic E-state index is -0.238. The average Bonchev–Trinajstić information content (AvgIpc) is 1.90. The minimum absolute atomic E-state index is 0.238. The maximum atomic E-state index is 2.44. The van der Waals surface area contributed by atoms with Gasteiger partial charge < -0.3 is 0 Å². The fourth-order valence-corrected chi connectivity index (χ4v) is 3.45. The molecule has 0 radical (unpaired) electrons. The van der Waals surface area contributed by atoms with Gasteiger partial charge in [0.15, 0.2) is 0 Å². The van der Waals surface area contributed by atoms with E-state index in [0.29, 0.717) is 0 Å². The molecule has 1 aliphatic heterocycles. The van der Waals surface area contributed by atoms with Gasteiger partial charge in [-0.3, -0.25) is 0 Å². The number of hydrogen-bond acceptors (Lipinski definition) is 0. The fraction of sp³-hybridized carbons (Fsp3) is 0.286. The van der Waals surface area contributed by atoms with Crippen LogP contribution < -0.4 is 0 Å². The third-order valence-corrected chi connectivity index (χ3v) is 4.34. The van der Waals surface area contributed by atoms with Gasteiger partial charge >= 0.3 is 61.3 Å². The first-order valence-corrected chi connectivity index (χ1v) is 6.84. The number of hydrogen-bond donors (Lipinski definition) is 0. The number of rotatable bonds is 1. The molecule has 0 aromatic carbocycles. The van der Waals surface area contributed by atoms with Crippen LogP contribution in [0.1, 0.15) is 13.3 Å². The first-order valence-electron chi connectivity index (χ1n) is 2.82. The molecular formula is C7H9Bi. The molecule has 0 aliphatic carbocycles. The van der Waals surface area contributed by atoms with Crippen molar-refractivity contribution in [2.24, 2.45) is 0 Å². The summed E-state index contributed by atoms with van der Waals surface area (Å²) in [4.78, 5) is 0. The molecule has 0 spiro atoms. The third-order valence-electron chi connectivity index (χ3n) is 1.13. The summed E-state index contributed by atoms with van der Waals surface area (Å²) in [5, 5.41) is 0. The Hall–Kier alpha value is 0.233. The Balaban J connectivity index is 2.68. The van der Waals surface area contributed by atoms with Crippen LogP contribution in [0.5, 0.6) is 0 Å². The molecule has 0 unspecified atom stereocenters. The summed E-state index contributed by atoms with van der Waals surface area (Å²) in [5.41, 5.74) is 1.55. The van der Waals surface area contributed by atoms with Crippen LogP contribution in [0.4, 0.5) is 0 Å². The van der Waals surface area contributed by atoms with Crippen LogP contribution in [0.2, 0.25) is 0 Å². The Morgan fingerprint density at radius 3 is 2.88 bits per heavy atom. The Kier molecular flexibility index (Phi) is 2.62. The van der Waals surface area contributed by atoms with Crippen molar-refractivity contribution in [2.75, 3.05) is 0 Å². The molecule has 8 heavy (non-hydrogen) atoms. The summed E-state index contributed by atoms with van der Waals surface area (Å²) >= 11 is -0.238. The van der Waals surface area contributed by atoms with E-state index in [2.05, 4.69) is 26.6 Å². The monoisotopic (exact) mass is 302 g/mol. The Labute approximate surface area is 61.3 Å². The van der Waals surface area contributed by atoms with Crippen molar-refractivity contribution in [1.82, 2.24) is 0 Å². The molecule has 1 heteroatoms. The zero-order valence-electron chi connectivity index (χ0n) is 4.96. The molecular weight excluding hydrogens is 293 g/mol. The molecule has 0 amide bonds. The molecule has 0 atom stereocenters. The normalized spacial score (nSPS) is 16.4. The summed E-state index contributed by atoms with van der Waals surface area (Å²) < 4.78 is 4.79. The zero-order chi connectivity index (χ0) is 5.82. The predicted molar refractivity (Wildman–Crippen MR) is 39.3 cm³/mol. The van der Waals surface area contributed by atoms with Gasteiger partial charge in [-0.2, -0.15) is 0 Å². The van der Waals surface area contributed by atoms with E-state index in [0.717, 1.165) is 0 Å². The van der Waals surface area contributed by atoms with Crippen molar-refractivity contribution in [3.63, 3.8) is 0 Å². The van der Waals surface area contributed by atoms with Gasteiger partial charge in [-0.25, -0.2) is 0 Å². The van der Waals surface area contributed by atoms with E-state index < -0.39 is 0 Å². The zero-order valence-corrected chi connectivity index (χ0v) is 8.44. The second-order valence-electron chi connectivity index (χ2n) is 1.71. The molecule has 0 N–H and O–H groups in total. The van der Waals surface area contributed by atoms with Crippen molar-refractivity contribution in [1.29, 1.82) is 0 Å². The van der Waals surface area contributed by atoms with Crippen LogP contribution in [0.15, 0.2) is 21.5 Å². The summed E-state index contributed by atoms with van der Waals surface area (Å²) in [6.45, 7) is 2.21. The second-order valence-corrected chi connectivity index (χ2v) is 5.04. The van der Waals surface area contributed by atoms with Gasteiger partial charge in [0.05, 0.1) is 0 Å². The van der Waals surface area contributed by atoms with Gasteiger partial charge in [-0.15, -0.1) is 0 Å². The SMILES string of the molecule is CCC1=[CH][Bi]=[CH]C=C1. The van der Waals surface area contributed by atoms with Crippen LogP contribution in [0.25, 0.3) is 0 Å². The summed E-state index contributed by atoms with van der Waals surface area (Å²) in [7, 11) is 0. The fourth-order valence-electron chi connectivity index (χ4n) is 0.607. The van der Waals surface area contributed by atoms with Gasteiger partial charge in [-0.1, -0.05) is 0 Å². The van der Waals surface area contributed by atoms with Gasteiger partial charge in [0, 0.05) is 0 Å². The van der Waals surface area contributed by atoms with E-state index in [1.807, 2.05) is 0 Å². The summed E-state index contributed by atoms with van der Waals surface area (Å²) in [5.74, 6) is 0.